The van der Waals surface area contributed by atoms with Crippen LogP contribution in [0.15, 0.2) is 41.1 Å². The van der Waals surface area contributed by atoms with Gasteiger partial charge in [-0.05, 0) is 53.6 Å². The topological polar surface area (TPSA) is 78.4 Å². The molecule has 1 aromatic carbocycles. The van der Waals surface area contributed by atoms with Crippen LogP contribution in [-0.4, -0.2) is 23.5 Å². The van der Waals surface area contributed by atoms with Gasteiger partial charge in [0.05, 0.1) is 6.54 Å². The lowest BCUT2D eigenvalue weighted by Gasteiger charge is -2.22. The van der Waals surface area contributed by atoms with Crippen molar-refractivity contribution in [3.8, 4) is 0 Å². The van der Waals surface area contributed by atoms with Gasteiger partial charge >= 0.3 is 0 Å². The summed E-state index contributed by atoms with van der Waals surface area (Å²) in [5, 5.41) is 19.4. The number of aliphatic hydroxyl groups is 1. The van der Waals surface area contributed by atoms with Gasteiger partial charge in [-0.1, -0.05) is 0 Å². The molecule has 1 unspecified atom stereocenters. The van der Waals surface area contributed by atoms with E-state index in [2.05, 4.69) is 10.6 Å². The van der Waals surface area contributed by atoms with Crippen molar-refractivity contribution in [2.24, 2.45) is 0 Å². The number of hydrogen-bond acceptors (Lipinski definition) is 4. The number of anilines is 1. The maximum atomic E-state index is 12.1. The lowest BCUT2D eigenvalue weighted by molar-refractivity contribution is -0.114. The van der Waals surface area contributed by atoms with Gasteiger partial charge in [0.1, 0.15) is 5.60 Å². The third kappa shape index (κ3) is 4.16. The molecule has 0 aliphatic rings. The Balaban J connectivity index is 1.96. The highest BCUT2D eigenvalue weighted by Gasteiger charge is 2.24. The van der Waals surface area contributed by atoms with E-state index in [0.717, 1.165) is 5.56 Å². The standard InChI is InChI=1S/C16H18N2O3S/c1-11(19)18-14-5-3-12(4-6-14)15(20)17-10-16(2,21)13-7-8-22-9-13/h3-9,21H,10H2,1-2H3,(H,17,20)(H,18,19). The van der Waals surface area contributed by atoms with Crippen LogP contribution in [0, 0.1) is 0 Å². The zero-order valence-corrected chi connectivity index (χ0v) is 13.2. The Bertz CT molecular complexity index is 649. The predicted octanol–water partition coefficient (Wildman–Crippen LogP) is 2.34. The predicted molar refractivity (Wildman–Crippen MR) is 87.0 cm³/mol. The van der Waals surface area contributed by atoms with Crippen molar-refractivity contribution in [2.75, 3.05) is 11.9 Å². The van der Waals surface area contributed by atoms with Crippen molar-refractivity contribution in [1.82, 2.24) is 5.32 Å². The Morgan fingerprint density at radius 3 is 2.45 bits per heavy atom. The minimum Gasteiger partial charge on any atom is -0.384 e. The first-order chi connectivity index (χ1) is 10.4. The van der Waals surface area contributed by atoms with Gasteiger partial charge in [0.25, 0.3) is 5.91 Å². The molecule has 2 aromatic rings. The Hall–Kier alpha value is -2.18. The van der Waals surface area contributed by atoms with E-state index < -0.39 is 5.60 Å². The Labute approximate surface area is 133 Å². The van der Waals surface area contributed by atoms with Crippen molar-refractivity contribution in [3.05, 3.63) is 52.2 Å². The van der Waals surface area contributed by atoms with Crippen molar-refractivity contribution in [3.63, 3.8) is 0 Å². The molecule has 22 heavy (non-hydrogen) atoms. The van der Waals surface area contributed by atoms with E-state index in [-0.39, 0.29) is 18.4 Å². The molecule has 3 N–H and O–H groups in total. The molecule has 0 spiro atoms. The van der Waals surface area contributed by atoms with Crippen LogP contribution in [0.4, 0.5) is 5.69 Å². The maximum absolute atomic E-state index is 12.1. The van der Waals surface area contributed by atoms with Gasteiger partial charge in [0.2, 0.25) is 5.91 Å². The summed E-state index contributed by atoms with van der Waals surface area (Å²) in [6, 6.07) is 8.40. The van der Waals surface area contributed by atoms with Gasteiger partial charge < -0.3 is 15.7 Å². The van der Waals surface area contributed by atoms with E-state index in [1.54, 1.807) is 31.2 Å². The largest absolute Gasteiger partial charge is 0.384 e. The van der Waals surface area contributed by atoms with Crippen molar-refractivity contribution in [2.45, 2.75) is 19.4 Å². The number of rotatable bonds is 5. The van der Waals surface area contributed by atoms with Gasteiger partial charge in [0.15, 0.2) is 0 Å². The van der Waals surface area contributed by atoms with Gasteiger partial charge in [-0.3, -0.25) is 9.59 Å². The smallest absolute Gasteiger partial charge is 0.251 e. The molecule has 0 aliphatic carbocycles. The average molecular weight is 318 g/mol. The molecule has 6 heteroatoms. The summed E-state index contributed by atoms with van der Waals surface area (Å²) in [4.78, 5) is 23.0. The van der Waals surface area contributed by atoms with Gasteiger partial charge in [-0.15, -0.1) is 0 Å². The quantitative estimate of drug-likeness (QED) is 0.792. The molecule has 2 amide bonds. The molecule has 0 bridgehead atoms. The first-order valence-corrected chi connectivity index (χ1v) is 7.74. The maximum Gasteiger partial charge on any atom is 0.251 e. The number of nitrogens with one attached hydrogen (secondary N) is 2. The van der Waals surface area contributed by atoms with Crippen molar-refractivity contribution >= 4 is 28.8 Å². The average Bonchev–Trinajstić information content (AvgIpc) is 3.00. The Morgan fingerprint density at radius 1 is 1.23 bits per heavy atom. The van der Waals surface area contributed by atoms with Crippen LogP contribution < -0.4 is 10.6 Å². The summed E-state index contributed by atoms with van der Waals surface area (Å²) in [6.07, 6.45) is 0. The zero-order valence-electron chi connectivity index (χ0n) is 12.4. The third-order valence-corrected chi connectivity index (χ3v) is 3.89. The fourth-order valence-corrected chi connectivity index (χ4v) is 2.72. The molecule has 2 rings (SSSR count). The molecular formula is C16H18N2O3S. The number of thiophene rings is 1. The molecular weight excluding hydrogens is 300 g/mol. The molecule has 5 nitrogen and oxygen atoms in total. The first kappa shape index (κ1) is 16.2. The molecule has 116 valence electrons. The summed E-state index contributed by atoms with van der Waals surface area (Å²) in [5.74, 6) is -0.436. The van der Waals surface area contributed by atoms with E-state index in [4.69, 9.17) is 0 Å². The highest BCUT2D eigenvalue weighted by molar-refractivity contribution is 7.08. The van der Waals surface area contributed by atoms with Crippen LogP contribution >= 0.6 is 11.3 Å². The molecule has 0 aliphatic heterocycles. The molecule has 1 atom stereocenters. The summed E-state index contributed by atoms with van der Waals surface area (Å²) >= 11 is 1.50. The van der Waals surface area contributed by atoms with Crippen LogP contribution in [0.5, 0.6) is 0 Å². The zero-order chi connectivity index (χ0) is 16.2. The van der Waals surface area contributed by atoms with Gasteiger partial charge in [0, 0.05) is 18.2 Å². The minimum absolute atomic E-state index is 0.121. The first-order valence-electron chi connectivity index (χ1n) is 6.79. The SMILES string of the molecule is CC(=O)Nc1ccc(C(=O)NCC(C)(O)c2ccsc2)cc1. The minimum atomic E-state index is -1.11. The second-order valence-electron chi connectivity index (χ2n) is 5.23. The molecule has 0 fully saturated rings. The van der Waals surface area contributed by atoms with E-state index in [1.807, 2.05) is 16.8 Å². The van der Waals surface area contributed by atoms with Crippen molar-refractivity contribution < 1.29 is 14.7 Å². The highest BCUT2D eigenvalue weighted by Crippen LogP contribution is 2.22. The normalized spacial score (nSPS) is 13.2. The summed E-state index contributed by atoms with van der Waals surface area (Å²) in [6.45, 7) is 3.21. The monoisotopic (exact) mass is 318 g/mol. The van der Waals surface area contributed by atoms with Crippen LogP contribution in [0.3, 0.4) is 0 Å². The number of benzene rings is 1. The number of carbonyl (C=O) groups excluding carboxylic acids is 2. The van der Waals surface area contributed by atoms with E-state index in [9.17, 15) is 14.7 Å². The Kier molecular flexibility index (Phi) is 4.95. The Morgan fingerprint density at radius 2 is 1.91 bits per heavy atom. The van der Waals surface area contributed by atoms with E-state index >= 15 is 0 Å². The van der Waals surface area contributed by atoms with Crippen LogP contribution in [-0.2, 0) is 10.4 Å². The number of amides is 2. The lowest BCUT2D eigenvalue weighted by atomic mass is 9.99. The van der Waals surface area contributed by atoms with Crippen LogP contribution in [0.25, 0.3) is 0 Å². The van der Waals surface area contributed by atoms with E-state index in [1.165, 1.54) is 18.3 Å². The molecule has 0 saturated heterocycles. The van der Waals surface area contributed by atoms with Gasteiger partial charge in [-0.2, -0.15) is 11.3 Å². The third-order valence-electron chi connectivity index (χ3n) is 3.20. The summed E-state index contributed by atoms with van der Waals surface area (Å²) in [7, 11) is 0. The van der Waals surface area contributed by atoms with Crippen molar-refractivity contribution in [1.29, 1.82) is 0 Å². The molecule has 1 heterocycles. The van der Waals surface area contributed by atoms with Crippen LogP contribution in [0.2, 0.25) is 0 Å². The molecule has 1 aromatic heterocycles. The highest BCUT2D eigenvalue weighted by atomic mass is 32.1. The lowest BCUT2D eigenvalue weighted by Crippen LogP contribution is -2.38. The number of carbonyl (C=O) groups is 2. The summed E-state index contributed by atoms with van der Waals surface area (Å²) < 4.78 is 0. The second kappa shape index (κ2) is 6.72. The fraction of sp³-hybridized carbons (Fsp3) is 0.250. The van der Waals surface area contributed by atoms with Crippen LogP contribution in [0.1, 0.15) is 29.8 Å². The fourth-order valence-electron chi connectivity index (χ4n) is 1.94. The second-order valence-corrected chi connectivity index (χ2v) is 6.01. The van der Waals surface area contributed by atoms with Gasteiger partial charge in [-0.25, -0.2) is 0 Å². The molecule has 0 radical (unpaired) electrons. The van der Waals surface area contributed by atoms with E-state index in [0.29, 0.717) is 11.3 Å². The number of hydrogen-bond donors (Lipinski definition) is 3. The summed E-state index contributed by atoms with van der Waals surface area (Å²) in [5.41, 5.74) is 0.773. The molecule has 0 saturated carbocycles.